The van der Waals surface area contributed by atoms with Crippen LogP contribution in [-0.4, -0.2) is 39.5 Å². The van der Waals surface area contributed by atoms with Crippen molar-refractivity contribution in [2.75, 3.05) is 43.2 Å². The summed E-state index contributed by atoms with van der Waals surface area (Å²) < 4.78 is 50.4. The Labute approximate surface area is 162 Å². The van der Waals surface area contributed by atoms with Crippen LogP contribution in [0.1, 0.15) is 17.5 Å². The summed E-state index contributed by atoms with van der Waals surface area (Å²) in [4.78, 5) is 4.00. The second-order valence-corrected chi connectivity index (χ2v) is 7.29. The molecule has 28 heavy (non-hydrogen) atoms. The smallest absolute Gasteiger partial charge is 0.416 e. The summed E-state index contributed by atoms with van der Waals surface area (Å²) in [6.45, 7) is 3.43. The van der Waals surface area contributed by atoms with Crippen molar-refractivity contribution in [3.05, 3.63) is 53.6 Å². The monoisotopic (exact) mass is 392 g/mol. The highest BCUT2D eigenvalue weighted by Gasteiger charge is 2.32. The number of benzene rings is 2. The quantitative estimate of drug-likeness (QED) is 0.773. The molecule has 2 aliphatic rings. The molecule has 2 aliphatic heterocycles. The van der Waals surface area contributed by atoms with Gasteiger partial charge in [-0.15, -0.1) is 0 Å². The number of rotatable bonds is 4. The fraction of sp³-hybridized carbons (Fsp3) is 0.429. The molecule has 1 fully saturated rings. The molecule has 0 bridgehead atoms. The van der Waals surface area contributed by atoms with Gasteiger partial charge in [0.15, 0.2) is 0 Å². The summed E-state index contributed by atoms with van der Waals surface area (Å²) >= 11 is 0. The summed E-state index contributed by atoms with van der Waals surface area (Å²) in [6.07, 6.45) is -3.32. The predicted octanol–water partition coefficient (Wildman–Crippen LogP) is 4.33. The molecule has 4 rings (SSSR count). The van der Waals surface area contributed by atoms with Crippen LogP contribution in [0.2, 0.25) is 0 Å². The second-order valence-electron chi connectivity index (χ2n) is 7.29. The first-order valence-corrected chi connectivity index (χ1v) is 9.41. The predicted molar refractivity (Wildman–Crippen MR) is 102 cm³/mol. The van der Waals surface area contributed by atoms with Crippen LogP contribution in [0.15, 0.2) is 42.5 Å². The van der Waals surface area contributed by atoms with Crippen LogP contribution in [-0.2, 0) is 17.5 Å². The summed E-state index contributed by atoms with van der Waals surface area (Å²) in [5.74, 6) is 0.813. The minimum atomic E-state index is -4.33. The van der Waals surface area contributed by atoms with Gasteiger partial charge in [0.25, 0.3) is 0 Å². The van der Waals surface area contributed by atoms with Crippen LogP contribution in [0.3, 0.4) is 0 Å². The molecule has 2 aromatic carbocycles. The zero-order valence-electron chi connectivity index (χ0n) is 15.7. The van der Waals surface area contributed by atoms with Gasteiger partial charge in [-0.25, -0.2) is 0 Å². The summed E-state index contributed by atoms with van der Waals surface area (Å²) in [5, 5.41) is 0. The summed E-state index contributed by atoms with van der Waals surface area (Å²) in [5.41, 5.74) is 1.91. The van der Waals surface area contributed by atoms with Crippen LogP contribution in [0.4, 0.5) is 24.5 Å². The first-order valence-electron chi connectivity index (χ1n) is 9.41. The molecule has 4 nitrogen and oxygen atoms in total. The van der Waals surface area contributed by atoms with Gasteiger partial charge in [0, 0.05) is 33.1 Å². The maximum absolute atomic E-state index is 13.1. The first-order chi connectivity index (χ1) is 13.4. The van der Waals surface area contributed by atoms with Gasteiger partial charge < -0.3 is 19.3 Å². The Morgan fingerprint density at radius 1 is 1.07 bits per heavy atom. The molecule has 150 valence electrons. The molecule has 0 amide bonds. The lowest BCUT2D eigenvalue weighted by molar-refractivity contribution is -0.137. The largest absolute Gasteiger partial charge is 0.488 e. The standard InChI is InChI=1S/C21H23F3N2O2/c1-25-9-10-26(19-7-4-16(12-20(19)25)21(22,23)24)13-15-2-5-17(6-3-15)28-18-8-11-27-14-18/h2-7,12,18H,8-11,13-14H2,1H3. The van der Waals surface area contributed by atoms with Gasteiger partial charge in [-0.2, -0.15) is 13.2 Å². The average molecular weight is 392 g/mol. The number of hydrogen-bond donors (Lipinski definition) is 0. The number of fused-ring (bicyclic) bond motifs is 1. The van der Waals surface area contributed by atoms with Crippen LogP contribution >= 0.6 is 0 Å². The Kier molecular flexibility index (Phi) is 5.10. The molecule has 0 aliphatic carbocycles. The number of nitrogens with zero attached hydrogens (tertiary/aromatic N) is 2. The van der Waals surface area contributed by atoms with E-state index in [4.69, 9.17) is 9.47 Å². The van der Waals surface area contributed by atoms with E-state index in [1.807, 2.05) is 36.2 Å². The fourth-order valence-electron chi connectivity index (χ4n) is 3.64. The van der Waals surface area contributed by atoms with E-state index in [-0.39, 0.29) is 6.10 Å². The van der Waals surface area contributed by atoms with Crippen LogP contribution < -0.4 is 14.5 Å². The number of alkyl halides is 3. The first kappa shape index (κ1) is 18.9. The minimum Gasteiger partial charge on any atom is -0.488 e. The van der Waals surface area contributed by atoms with Crippen LogP contribution in [0.5, 0.6) is 5.75 Å². The van der Waals surface area contributed by atoms with Gasteiger partial charge in [0.05, 0.1) is 30.2 Å². The Balaban J connectivity index is 1.49. The molecule has 2 heterocycles. The van der Waals surface area contributed by atoms with Gasteiger partial charge in [-0.05, 0) is 35.9 Å². The van der Waals surface area contributed by atoms with Gasteiger partial charge in [-0.3, -0.25) is 0 Å². The molecular weight excluding hydrogens is 369 g/mol. The maximum Gasteiger partial charge on any atom is 0.416 e. The molecule has 0 spiro atoms. The highest BCUT2D eigenvalue weighted by atomic mass is 19.4. The highest BCUT2D eigenvalue weighted by Crippen LogP contribution is 2.39. The third-order valence-corrected chi connectivity index (χ3v) is 5.25. The number of likely N-dealkylation sites (N-methyl/N-ethyl adjacent to an activating group) is 1. The van der Waals surface area contributed by atoms with Crippen LogP contribution in [0.25, 0.3) is 0 Å². The molecule has 1 saturated heterocycles. The highest BCUT2D eigenvalue weighted by molar-refractivity contribution is 5.74. The second kappa shape index (κ2) is 7.54. The zero-order valence-corrected chi connectivity index (χ0v) is 15.7. The molecule has 1 unspecified atom stereocenters. The van der Waals surface area contributed by atoms with Crippen molar-refractivity contribution in [3.63, 3.8) is 0 Å². The topological polar surface area (TPSA) is 24.9 Å². The van der Waals surface area contributed by atoms with Crippen molar-refractivity contribution in [2.24, 2.45) is 0 Å². The molecule has 7 heteroatoms. The molecule has 1 atom stereocenters. The zero-order chi connectivity index (χ0) is 19.7. The van der Waals surface area contributed by atoms with Gasteiger partial charge in [0.1, 0.15) is 11.9 Å². The Morgan fingerprint density at radius 3 is 2.54 bits per heavy atom. The molecule has 2 aromatic rings. The lowest BCUT2D eigenvalue weighted by Gasteiger charge is -2.37. The molecular formula is C21H23F3N2O2. The van der Waals surface area contributed by atoms with E-state index in [2.05, 4.69) is 4.90 Å². The lowest BCUT2D eigenvalue weighted by Crippen LogP contribution is -2.39. The van der Waals surface area contributed by atoms with Crippen molar-refractivity contribution in [3.8, 4) is 5.75 Å². The van der Waals surface area contributed by atoms with E-state index >= 15 is 0 Å². The van der Waals surface area contributed by atoms with Crippen molar-refractivity contribution in [1.29, 1.82) is 0 Å². The van der Waals surface area contributed by atoms with Crippen molar-refractivity contribution in [2.45, 2.75) is 25.2 Å². The van der Waals surface area contributed by atoms with Crippen molar-refractivity contribution in [1.82, 2.24) is 0 Å². The number of ether oxygens (including phenoxy) is 2. The Bertz CT molecular complexity index is 817. The fourth-order valence-corrected chi connectivity index (χ4v) is 3.64. The van der Waals surface area contributed by atoms with E-state index < -0.39 is 11.7 Å². The average Bonchev–Trinajstić information content (AvgIpc) is 3.18. The van der Waals surface area contributed by atoms with E-state index in [0.29, 0.717) is 25.4 Å². The van der Waals surface area contributed by atoms with E-state index in [9.17, 15) is 13.2 Å². The van der Waals surface area contributed by atoms with Gasteiger partial charge in [-0.1, -0.05) is 12.1 Å². The van der Waals surface area contributed by atoms with E-state index in [1.165, 1.54) is 6.07 Å². The van der Waals surface area contributed by atoms with Crippen molar-refractivity contribution < 1.29 is 22.6 Å². The number of hydrogen-bond acceptors (Lipinski definition) is 4. The normalized spacial score (nSPS) is 19.6. The SMILES string of the molecule is CN1CCN(Cc2ccc(OC3CCOC3)cc2)c2ccc(C(F)(F)F)cc21. The summed E-state index contributed by atoms with van der Waals surface area (Å²) in [7, 11) is 1.83. The Morgan fingerprint density at radius 2 is 1.86 bits per heavy atom. The van der Waals surface area contributed by atoms with E-state index in [1.54, 1.807) is 6.07 Å². The summed E-state index contributed by atoms with van der Waals surface area (Å²) in [6, 6.07) is 11.9. The third kappa shape index (κ3) is 4.04. The molecule has 0 saturated carbocycles. The molecule has 0 N–H and O–H groups in total. The van der Waals surface area contributed by atoms with Crippen molar-refractivity contribution >= 4 is 11.4 Å². The number of halogens is 3. The number of anilines is 2. The molecule has 0 radical (unpaired) electrons. The Hall–Kier alpha value is -2.41. The third-order valence-electron chi connectivity index (χ3n) is 5.25. The van der Waals surface area contributed by atoms with Gasteiger partial charge in [0.2, 0.25) is 0 Å². The van der Waals surface area contributed by atoms with Gasteiger partial charge >= 0.3 is 6.18 Å². The maximum atomic E-state index is 13.1. The molecule has 0 aromatic heterocycles. The lowest BCUT2D eigenvalue weighted by atomic mass is 10.1. The van der Waals surface area contributed by atoms with Crippen LogP contribution in [0, 0.1) is 0 Å². The minimum absolute atomic E-state index is 0.109. The van der Waals surface area contributed by atoms with E-state index in [0.717, 1.165) is 42.6 Å².